The number of rotatable bonds is 5. The van der Waals surface area contributed by atoms with Crippen LogP contribution in [0.1, 0.15) is 118 Å². The van der Waals surface area contributed by atoms with E-state index < -0.39 is 0 Å². The van der Waals surface area contributed by atoms with E-state index in [-0.39, 0.29) is 44.6 Å². The van der Waals surface area contributed by atoms with Gasteiger partial charge in [0.2, 0.25) is 0 Å². The first kappa shape index (κ1) is 50.9. The van der Waals surface area contributed by atoms with Gasteiger partial charge in [0.1, 0.15) is 0 Å². The summed E-state index contributed by atoms with van der Waals surface area (Å²) in [5, 5.41) is 0. The molecular formula is C19H54. The van der Waals surface area contributed by atoms with Gasteiger partial charge in [-0.1, -0.05) is 118 Å². The Hall–Kier alpha value is 0. The monoisotopic (exact) mass is 282 g/mol. The summed E-state index contributed by atoms with van der Waals surface area (Å²) in [5.41, 5.74) is 0. The minimum Gasteiger partial charge on any atom is -0.0776 e. The normalized spacial score (nSPS) is 6.95. The van der Waals surface area contributed by atoms with Crippen LogP contribution in [-0.2, 0) is 0 Å². The summed E-state index contributed by atoms with van der Waals surface area (Å²) in [5.74, 6) is 1.84. The van der Waals surface area contributed by atoms with Crippen LogP contribution in [0.4, 0.5) is 0 Å². The fourth-order valence-corrected chi connectivity index (χ4v) is 1.19. The molecule has 0 saturated heterocycles. The lowest BCUT2D eigenvalue weighted by Gasteiger charge is -2.09. The summed E-state index contributed by atoms with van der Waals surface area (Å²) < 4.78 is 0. The van der Waals surface area contributed by atoms with Crippen LogP contribution >= 0.6 is 0 Å². The average molecular weight is 283 g/mol. The molecule has 0 bridgehead atoms. The molecule has 0 nitrogen and oxygen atoms in total. The summed E-state index contributed by atoms with van der Waals surface area (Å²) >= 11 is 0. The molecule has 0 radical (unpaired) electrons. The van der Waals surface area contributed by atoms with Crippen molar-refractivity contribution in [3.8, 4) is 0 Å². The zero-order chi connectivity index (χ0) is 10.7. The molecule has 0 heterocycles. The van der Waals surface area contributed by atoms with Gasteiger partial charge < -0.3 is 0 Å². The first-order valence-electron chi connectivity index (χ1n) is 6.08. The van der Waals surface area contributed by atoms with Gasteiger partial charge in [-0.2, -0.15) is 0 Å². The second-order valence-electron chi connectivity index (χ2n) is 4.56. The smallest absolute Gasteiger partial charge is 0.0420 e. The molecule has 0 spiro atoms. The Morgan fingerprint density at radius 2 is 0.895 bits per heavy atom. The first-order valence-corrected chi connectivity index (χ1v) is 6.08. The van der Waals surface area contributed by atoms with Crippen molar-refractivity contribution in [3.05, 3.63) is 0 Å². The Morgan fingerprint density at radius 3 is 1.05 bits per heavy atom. The fraction of sp³-hybridized carbons (Fsp3) is 1.00. The summed E-state index contributed by atoms with van der Waals surface area (Å²) in [6, 6.07) is 0. The minimum absolute atomic E-state index is 0. The molecule has 0 fully saturated rings. The third-order valence-corrected chi connectivity index (χ3v) is 2.12. The summed E-state index contributed by atoms with van der Waals surface area (Å²) in [6.45, 7) is 13.4. The van der Waals surface area contributed by atoms with Gasteiger partial charge in [-0.25, -0.2) is 0 Å². The molecule has 0 saturated carbocycles. The van der Waals surface area contributed by atoms with Gasteiger partial charge in [0.05, 0.1) is 0 Å². The Bertz CT molecular complexity index is 67.4. The van der Waals surface area contributed by atoms with Gasteiger partial charge in [-0.05, 0) is 11.8 Å². The largest absolute Gasteiger partial charge is 0.0776 e. The second kappa shape index (κ2) is 43.0. The van der Waals surface area contributed by atoms with E-state index in [0.29, 0.717) is 0 Å². The number of hydrogen-bond acceptors (Lipinski definition) is 0. The van der Waals surface area contributed by atoms with Gasteiger partial charge in [-0.15, -0.1) is 0 Å². The van der Waals surface area contributed by atoms with Crippen molar-refractivity contribution in [2.75, 3.05) is 0 Å². The predicted octanol–water partition coefficient (Wildman–Crippen LogP) is 9.09. The SMILES string of the molecule is C.C.C.C.C.C.CC(C)C.CCCCC(CC)CC. The van der Waals surface area contributed by atoms with Gasteiger partial charge in [0, 0.05) is 0 Å². The van der Waals surface area contributed by atoms with E-state index in [1.165, 1.54) is 32.1 Å². The molecule has 0 atom stereocenters. The van der Waals surface area contributed by atoms with E-state index in [9.17, 15) is 0 Å². The molecule has 0 rings (SSSR count). The summed E-state index contributed by atoms with van der Waals surface area (Å²) in [7, 11) is 0. The molecule has 0 aromatic rings. The molecule has 0 heteroatoms. The van der Waals surface area contributed by atoms with E-state index in [2.05, 4.69) is 41.5 Å². The summed E-state index contributed by atoms with van der Waals surface area (Å²) in [6.07, 6.45) is 6.97. The lowest BCUT2D eigenvalue weighted by atomic mass is 9.97. The van der Waals surface area contributed by atoms with Crippen molar-refractivity contribution in [2.45, 2.75) is 118 Å². The van der Waals surface area contributed by atoms with Crippen LogP contribution in [0.2, 0.25) is 0 Å². The zero-order valence-electron chi connectivity index (χ0n) is 10.7. The van der Waals surface area contributed by atoms with Crippen molar-refractivity contribution < 1.29 is 0 Å². The van der Waals surface area contributed by atoms with E-state index in [1.54, 1.807) is 0 Å². The molecule has 0 aromatic heterocycles. The van der Waals surface area contributed by atoms with Crippen molar-refractivity contribution >= 4 is 0 Å². The molecule has 0 aliphatic heterocycles. The van der Waals surface area contributed by atoms with E-state index >= 15 is 0 Å². The van der Waals surface area contributed by atoms with Crippen LogP contribution in [0.15, 0.2) is 0 Å². The van der Waals surface area contributed by atoms with Crippen molar-refractivity contribution in [1.29, 1.82) is 0 Å². The maximum Gasteiger partial charge on any atom is -0.0420 e. The highest BCUT2D eigenvalue weighted by atomic mass is 14.1. The van der Waals surface area contributed by atoms with Gasteiger partial charge in [-0.3, -0.25) is 0 Å². The van der Waals surface area contributed by atoms with Crippen molar-refractivity contribution in [3.63, 3.8) is 0 Å². The molecular weight excluding hydrogens is 228 g/mol. The standard InChI is InChI=1S/C9H20.C4H10.6CH4/c1-4-7-8-9(5-2)6-3;1-4(2)3;;;;;;/h9H,4-8H2,1-3H3;4H,1-3H3;6*1H4. The van der Waals surface area contributed by atoms with Crippen LogP contribution in [0.25, 0.3) is 0 Å². The van der Waals surface area contributed by atoms with E-state index in [4.69, 9.17) is 0 Å². The second-order valence-corrected chi connectivity index (χ2v) is 4.56. The fourth-order valence-electron chi connectivity index (χ4n) is 1.19. The van der Waals surface area contributed by atoms with Crippen LogP contribution in [0.3, 0.4) is 0 Å². The molecule has 0 aromatic carbocycles. The average Bonchev–Trinajstić information content (AvgIpc) is 2.06. The van der Waals surface area contributed by atoms with E-state index in [0.717, 1.165) is 11.8 Å². The van der Waals surface area contributed by atoms with Crippen molar-refractivity contribution in [1.82, 2.24) is 0 Å². The third kappa shape index (κ3) is 72.0. The molecule has 0 amide bonds. The highest BCUT2D eigenvalue weighted by Gasteiger charge is 2.00. The Kier molecular flexibility index (Phi) is 115. The predicted molar refractivity (Wildman–Crippen MR) is 104 cm³/mol. The zero-order valence-corrected chi connectivity index (χ0v) is 10.7. The molecule has 0 unspecified atom stereocenters. The van der Waals surface area contributed by atoms with Gasteiger partial charge in [0.15, 0.2) is 0 Å². The third-order valence-electron chi connectivity index (χ3n) is 2.12. The highest BCUT2D eigenvalue weighted by Crippen LogP contribution is 2.15. The Balaban J connectivity index is -0.0000000183. The Labute approximate surface area is 130 Å². The van der Waals surface area contributed by atoms with Gasteiger partial charge in [0.25, 0.3) is 0 Å². The maximum atomic E-state index is 2.30. The van der Waals surface area contributed by atoms with Crippen LogP contribution in [-0.4, -0.2) is 0 Å². The van der Waals surface area contributed by atoms with E-state index in [1.807, 2.05) is 0 Å². The summed E-state index contributed by atoms with van der Waals surface area (Å²) in [4.78, 5) is 0. The van der Waals surface area contributed by atoms with Crippen LogP contribution in [0, 0.1) is 11.8 Å². The topological polar surface area (TPSA) is 0 Å². The van der Waals surface area contributed by atoms with Crippen LogP contribution in [0.5, 0.6) is 0 Å². The maximum absolute atomic E-state index is 2.30. The minimum atomic E-state index is 0. The number of hydrogen-bond donors (Lipinski definition) is 0. The lowest BCUT2D eigenvalue weighted by Crippen LogP contribution is -1.95. The molecule has 0 N–H and O–H groups in total. The molecule has 19 heavy (non-hydrogen) atoms. The first-order chi connectivity index (χ1) is 6.08. The molecule has 0 aliphatic carbocycles. The van der Waals surface area contributed by atoms with Gasteiger partial charge >= 0.3 is 0 Å². The Morgan fingerprint density at radius 1 is 0.632 bits per heavy atom. The lowest BCUT2D eigenvalue weighted by molar-refractivity contribution is 0.438. The number of unbranched alkanes of at least 4 members (excludes halogenated alkanes) is 1. The molecule has 0 aliphatic rings. The van der Waals surface area contributed by atoms with Crippen LogP contribution < -0.4 is 0 Å². The quantitative estimate of drug-likeness (QED) is 0.471. The van der Waals surface area contributed by atoms with Crippen molar-refractivity contribution in [2.24, 2.45) is 11.8 Å². The molecule has 130 valence electrons. The highest BCUT2D eigenvalue weighted by molar-refractivity contribution is 4.53.